The molecule has 24 heavy (non-hydrogen) atoms. The zero-order valence-corrected chi connectivity index (χ0v) is 14.8. The molecule has 1 aliphatic rings. The molecule has 3 heteroatoms. The molecule has 128 valence electrons. The van der Waals surface area contributed by atoms with Crippen LogP contribution < -0.4 is 5.32 Å². The summed E-state index contributed by atoms with van der Waals surface area (Å²) in [6, 6.07) is 15.1. The van der Waals surface area contributed by atoms with E-state index in [1.165, 1.54) is 11.1 Å². The van der Waals surface area contributed by atoms with Gasteiger partial charge in [-0.1, -0.05) is 36.4 Å². The van der Waals surface area contributed by atoms with Crippen LogP contribution in [-0.4, -0.2) is 23.7 Å². The Bertz CT molecular complexity index is 627. The number of ether oxygens (including phenoxy) is 1. The first-order valence-electron chi connectivity index (χ1n) is 8.89. The van der Waals surface area contributed by atoms with Crippen molar-refractivity contribution in [1.29, 1.82) is 0 Å². The van der Waals surface area contributed by atoms with Crippen LogP contribution in [0.1, 0.15) is 44.2 Å². The third-order valence-electron chi connectivity index (χ3n) is 5.06. The molecule has 2 heterocycles. The number of pyridine rings is 1. The number of aromatic nitrogens is 1. The van der Waals surface area contributed by atoms with E-state index in [1.807, 2.05) is 18.5 Å². The van der Waals surface area contributed by atoms with Gasteiger partial charge in [0.15, 0.2) is 0 Å². The molecular weight excluding hydrogens is 296 g/mol. The number of benzene rings is 1. The number of hydrogen-bond donors (Lipinski definition) is 1. The van der Waals surface area contributed by atoms with Gasteiger partial charge in [0, 0.05) is 31.0 Å². The zero-order chi connectivity index (χ0) is 16.9. The van der Waals surface area contributed by atoms with E-state index >= 15 is 0 Å². The van der Waals surface area contributed by atoms with Gasteiger partial charge in [-0.15, -0.1) is 0 Å². The van der Waals surface area contributed by atoms with Crippen molar-refractivity contribution in [3.05, 3.63) is 66.0 Å². The molecule has 1 aliphatic heterocycles. The lowest BCUT2D eigenvalue weighted by molar-refractivity contribution is -0.0840. The second kappa shape index (κ2) is 7.45. The summed E-state index contributed by atoms with van der Waals surface area (Å²) in [6.07, 6.45) is 7.03. The van der Waals surface area contributed by atoms with Gasteiger partial charge in [-0.05, 0) is 56.8 Å². The highest BCUT2D eigenvalue weighted by Crippen LogP contribution is 2.43. The molecule has 0 bridgehead atoms. The lowest BCUT2D eigenvalue weighted by Crippen LogP contribution is -2.45. The Kier molecular flexibility index (Phi) is 5.32. The topological polar surface area (TPSA) is 34.2 Å². The summed E-state index contributed by atoms with van der Waals surface area (Å²) in [5.41, 5.74) is 2.82. The second-order valence-electron chi connectivity index (χ2n) is 7.47. The van der Waals surface area contributed by atoms with Gasteiger partial charge in [0.1, 0.15) is 0 Å². The summed E-state index contributed by atoms with van der Waals surface area (Å²) in [6.45, 7) is 7.14. The fraction of sp³-hybridized carbons (Fsp3) is 0.476. The Labute approximate surface area is 145 Å². The molecule has 0 unspecified atom stereocenters. The fourth-order valence-corrected chi connectivity index (χ4v) is 3.94. The van der Waals surface area contributed by atoms with Crippen molar-refractivity contribution in [2.24, 2.45) is 0 Å². The van der Waals surface area contributed by atoms with Crippen LogP contribution >= 0.6 is 0 Å². The molecule has 0 spiro atoms. The molecule has 1 aromatic carbocycles. The molecule has 3 nitrogen and oxygen atoms in total. The quantitative estimate of drug-likeness (QED) is 0.813. The molecule has 0 radical (unpaired) electrons. The number of nitrogens with zero attached hydrogens (tertiary/aromatic N) is 1. The second-order valence-corrected chi connectivity index (χ2v) is 7.47. The van der Waals surface area contributed by atoms with Crippen LogP contribution in [0.5, 0.6) is 0 Å². The molecule has 0 saturated carbocycles. The monoisotopic (exact) mass is 324 g/mol. The van der Waals surface area contributed by atoms with Crippen LogP contribution in [0.2, 0.25) is 0 Å². The van der Waals surface area contributed by atoms with Crippen molar-refractivity contribution in [3.63, 3.8) is 0 Å². The van der Waals surface area contributed by atoms with Crippen molar-refractivity contribution in [2.45, 2.75) is 50.7 Å². The molecule has 0 aliphatic carbocycles. The lowest BCUT2D eigenvalue weighted by atomic mass is 9.67. The maximum Gasteiger partial charge on any atom is 0.0635 e. The average molecular weight is 324 g/mol. The molecule has 1 aromatic heterocycles. The third kappa shape index (κ3) is 4.22. The van der Waals surface area contributed by atoms with Gasteiger partial charge in [-0.2, -0.15) is 0 Å². The van der Waals surface area contributed by atoms with Gasteiger partial charge >= 0.3 is 0 Å². The highest BCUT2D eigenvalue weighted by atomic mass is 16.5. The number of hydrogen-bond acceptors (Lipinski definition) is 3. The van der Waals surface area contributed by atoms with E-state index in [-0.39, 0.29) is 11.0 Å². The predicted molar refractivity (Wildman–Crippen MR) is 97.9 cm³/mol. The molecule has 1 atom stereocenters. The first-order chi connectivity index (χ1) is 11.6. The predicted octanol–water partition coefficient (Wildman–Crippen LogP) is 4.09. The van der Waals surface area contributed by atoms with E-state index in [0.717, 1.165) is 39.0 Å². The standard InChI is InChI=1S/C21H28N2O/c1-20(2)17-21(11-14-24-20,19-8-4-3-5-9-19)10-13-23-16-18-7-6-12-22-15-18/h3-9,12,15,23H,10-11,13-14,16-17H2,1-2H3/t21-/m1/s1. The Hall–Kier alpha value is -1.71. The molecule has 0 amide bonds. The Morgan fingerprint density at radius 2 is 1.96 bits per heavy atom. The molecule has 2 aromatic rings. The highest BCUT2D eigenvalue weighted by molar-refractivity contribution is 5.27. The van der Waals surface area contributed by atoms with Gasteiger partial charge < -0.3 is 10.1 Å². The maximum absolute atomic E-state index is 5.99. The Morgan fingerprint density at radius 3 is 2.67 bits per heavy atom. The summed E-state index contributed by atoms with van der Waals surface area (Å²) in [5, 5.41) is 3.59. The maximum atomic E-state index is 5.99. The minimum Gasteiger partial charge on any atom is -0.376 e. The molecule has 1 saturated heterocycles. The van der Waals surface area contributed by atoms with Gasteiger partial charge in [-0.25, -0.2) is 0 Å². The summed E-state index contributed by atoms with van der Waals surface area (Å²) in [7, 11) is 0. The van der Waals surface area contributed by atoms with Crippen molar-refractivity contribution in [3.8, 4) is 0 Å². The smallest absolute Gasteiger partial charge is 0.0635 e. The molecule has 1 fully saturated rings. The van der Waals surface area contributed by atoms with E-state index in [2.05, 4.69) is 60.5 Å². The van der Waals surface area contributed by atoms with E-state index < -0.39 is 0 Å². The van der Waals surface area contributed by atoms with Gasteiger partial charge in [0.05, 0.1) is 5.60 Å². The summed E-state index contributed by atoms with van der Waals surface area (Å²) >= 11 is 0. The highest BCUT2D eigenvalue weighted by Gasteiger charge is 2.41. The normalized spacial score (nSPS) is 23.1. The molecular formula is C21H28N2O. The zero-order valence-electron chi connectivity index (χ0n) is 14.8. The van der Waals surface area contributed by atoms with Crippen LogP contribution in [0.25, 0.3) is 0 Å². The van der Waals surface area contributed by atoms with Crippen molar-refractivity contribution >= 4 is 0 Å². The minimum absolute atomic E-state index is 0.0581. The number of nitrogens with one attached hydrogen (secondary N) is 1. The van der Waals surface area contributed by atoms with Crippen LogP contribution in [0.4, 0.5) is 0 Å². The van der Waals surface area contributed by atoms with E-state index in [0.29, 0.717) is 0 Å². The van der Waals surface area contributed by atoms with Crippen molar-refractivity contribution in [2.75, 3.05) is 13.2 Å². The van der Waals surface area contributed by atoms with Crippen LogP contribution in [-0.2, 0) is 16.7 Å². The van der Waals surface area contributed by atoms with Crippen LogP contribution in [0, 0.1) is 0 Å². The number of rotatable bonds is 6. The van der Waals surface area contributed by atoms with Crippen molar-refractivity contribution in [1.82, 2.24) is 10.3 Å². The van der Waals surface area contributed by atoms with E-state index in [1.54, 1.807) is 0 Å². The third-order valence-corrected chi connectivity index (χ3v) is 5.06. The molecule has 3 rings (SSSR count). The average Bonchev–Trinajstić information content (AvgIpc) is 2.60. The summed E-state index contributed by atoms with van der Waals surface area (Å²) in [5.74, 6) is 0. The Morgan fingerprint density at radius 1 is 1.12 bits per heavy atom. The Balaban J connectivity index is 1.67. The van der Waals surface area contributed by atoms with Gasteiger partial charge in [0.2, 0.25) is 0 Å². The van der Waals surface area contributed by atoms with Gasteiger partial charge in [0.25, 0.3) is 0 Å². The largest absolute Gasteiger partial charge is 0.376 e. The first kappa shape index (κ1) is 17.1. The van der Waals surface area contributed by atoms with Crippen LogP contribution in [0.3, 0.4) is 0 Å². The summed E-state index contributed by atoms with van der Waals surface area (Å²) in [4.78, 5) is 4.18. The first-order valence-corrected chi connectivity index (χ1v) is 8.89. The SMILES string of the molecule is CC1(C)C[C@](CCNCc2cccnc2)(c2ccccc2)CCO1. The van der Waals surface area contributed by atoms with Crippen molar-refractivity contribution < 1.29 is 4.74 Å². The van der Waals surface area contributed by atoms with E-state index in [4.69, 9.17) is 4.74 Å². The van der Waals surface area contributed by atoms with Crippen LogP contribution in [0.15, 0.2) is 54.9 Å². The summed E-state index contributed by atoms with van der Waals surface area (Å²) < 4.78 is 5.99. The minimum atomic E-state index is -0.0581. The molecule has 1 N–H and O–H groups in total. The van der Waals surface area contributed by atoms with Gasteiger partial charge in [-0.3, -0.25) is 4.98 Å². The fourth-order valence-electron chi connectivity index (χ4n) is 3.94. The van der Waals surface area contributed by atoms with E-state index in [9.17, 15) is 0 Å². The lowest BCUT2D eigenvalue weighted by Gasteiger charge is -2.45.